The maximum absolute atomic E-state index is 12.9. The van der Waals surface area contributed by atoms with E-state index in [0.717, 1.165) is 19.3 Å². The Morgan fingerprint density at radius 1 is 1.15 bits per heavy atom. The van der Waals surface area contributed by atoms with Gasteiger partial charge < -0.3 is 20.4 Å². The highest BCUT2D eigenvalue weighted by Gasteiger charge is 2.42. The van der Waals surface area contributed by atoms with Gasteiger partial charge in [0, 0.05) is 30.0 Å². The average Bonchev–Trinajstić information content (AvgIpc) is 2.60. The van der Waals surface area contributed by atoms with Gasteiger partial charge in [-0.3, -0.25) is 9.59 Å². The fourth-order valence-corrected chi connectivity index (χ4v) is 4.60. The first-order valence-corrected chi connectivity index (χ1v) is 10.1. The van der Waals surface area contributed by atoms with E-state index in [-0.39, 0.29) is 45.8 Å². The number of phenolic OH excluding ortho intramolecular Hbond substituents is 2. The zero-order valence-corrected chi connectivity index (χ0v) is 16.2. The van der Waals surface area contributed by atoms with Gasteiger partial charge in [-0.1, -0.05) is 19.8 Å². The second kappa shape index (κ2) is 7.30. The van der Waals surface area contributed by atoms with Gasteiger partial charge in [-0.25, -0.2) is 0 Å². The first kappa shape index (κ1) is 19.9. The summed E-state index contributed by atoms with van der Waals surface area (Å²) in [6.07, 6.45) is 2.80. The van der Waals surface area contributed by atoms with Crippen LogP contribution in [-0.2, 0) is 12.8 Å². The van der Waals surface area contributed by atoms with E-state index in [1.807, 2.05) is 0 Å². The number of hydrogen-bond acceptors (Lipinski definition) is 7. The van der Waals surface area contributed by atoms with Crippen LogP contribution in [0, 0.1) is 0 Å². The summed E-state index contributed by atoms with van der Waals surface area (Å²) < 4.78 is 0. The molecular weight excluding hydrogens is 368 g/mol. The Balaban J connectivity index is 2.04. The summed E-state index contributed by atoms with van der Waals surface area (Å²) in [5.74, 6) is -1.12. The predicted octanol–water partition coefficient (Wildman–Crippen LogP) is 2.49. The number of rotatable bonds is 5. The third-order valence-corrected chi connectivity index (χ3v) is 6.38. The van der Waals surface area contributed by atoms with Gasteiger partial charge in [-0.15, -0.1) is 11.8 Å². The van der Waals surface area contributed by atoms with Crippen molar-refractivity contribution in [3.63, 3.8) is 0 Å². The molecule has 0 bridgehead atoms. The molecule has 1 aromatic carbocycles. The monoisotopic (exact) mass is 392 g/mol. The first-order chi connectivity index (χ1) is 12.7. The van der Waals surface area contributed by atoms with Gasteiger partial charge in [0.2, 0.25) is 5.78 Å². The number of allylic oxidation sites excluding steroid dienone is 2. The molecule has 0 spiro atoms. The summed E-state index contributed by atoms with van der Waals surface area (Å²) in [5, 5.41) is 41.8. The zero-order valence-electron chi connectivity index (χ0n) is 15.4. The number of Topliss-reactive ketones (excluding diaryl/α,β-unsaturated/α-hetero) is 1. The number of fused-ring (bicyclic) bond motifs is 2. The maximum atomic E-state index is 12.9. The number of carbonyl (C=O) groups is 2. The molecule has 4 N–H and O–H groups in total. The predicted molar refractivity (Wildman–Crippen MR) is 103 cm³/mol. The number of unbranched alkanes of at least 4 members (excludes halogenated alkanes) is 2. The third-order valence-electron chi connectivity index (χ3n) is 5.27. The van der Waals surface area contributed by atoms with Gasteiger partial charge in [-0.2, -0.15) is 0 Å². The van der Waals surface area contributed by atoms with Crippen molar-refractivity contribution in [2.75, 3.05) is 5.75 Å². The lowest BCUT2D eigenvalue weighted by Gasteiger charge is -2.36. The van der Waals surface area contributed by atoms with Crippen LogP contribution in [0.2, 0.25) is 0 Å². The van der Waals surface area contributed by atoms with Crippen molar-refractivity contribution in [1.29, 1.82) is 0 Å². The number of thioether (sulfide) groups is 1. The molecule has 0 aliphatic heterocycles. The molecular formula is C20H24O6S. The number of ketones is 2. The maximum Gasteiger partial charge on any atom is 0.204 e. The average molecular weight is 392 g/mol. The van der Waals surface area contributed by atoms with Crippen LogP contribution < -0.4 is 0 Å². The Hall–Kier alpha value is -1.83. The van der Waals surface area contributed by atoms with Crippen LogP contribution in [0.5, 0.6) is 11.5 Å². The van der Waals surface area contributed by atoms with Gasteiger partial charge >= 0.3 is 0 Å². The van der Waals surface area contributed by atoms with Crippen molar-refractivity contribution in [3.8, 4) is 11.5 Å². The van der Waals surface area contributed by atoms with E-state index in [1.165, 1.54) is 24.8 Å². The van der Waals surface area contributed by atoms with Crippen LogP contribution in [0.15, 0.2) is 11.0 Å². The van der Waals surface area contributed by atoms with Crippen LogP contribution >= 0.6 is 11.8 Å². The van der Waals surface area contributed by atoms with Crippen LogP contribution in [0.25, 0.3) is 0 Å². The molecule has 0 amide bonds. The van der Waals surface area contributed by atoms with E-state index in [2.05, 4.69) is 6.92 Å². The van der Waals surface area contributed by atoms with Crippen LogP contribution in [0.1, 0.15) is 65.0 Å². The molecule has 0 saturated carbocycles. The first-order valence-electron chi connectivity index (χ1n) is 9.12. The lowest BCUT2D eigenvalue weighted by molar-refractivity contribution is -0.0668. The van der Waals surface area contributed by atoms with Crippen LogP contribution in [-0.4, -0.2) is 49.5 Å². The molecule has 0 unspecified atom stereocenters. The second-order valence-electron chi connectivity index (χ2n) is 7.42. The molecule has 2 aliphatic carbocycles. The summed E-state index contributed by atoms with van der Waals surface area (Å²) in [4.78, 5) is 25.7. The van der Waals surface area contributed by atoms with Gasteiger partial charge in [0.15, 0.2) is 5.78 Å². The molecule has 2 atom stereocenters. The molecule has 0 heterocycles. The number of hydrogen-bond donors (Lipinski definition) is 4. The summed E-state index contributed by atoms with van der Waals surface area (Å²) in [6.45, 7) is 3.50. The Kier molecular flexibility index (Phi) is 5.38. The molecule has 1 aromatic rings. The van der Waals surface area contributed by atoms with Crippen LogP contribution in [0.3, 0.4) is 0 Å². The molecule has 0 fully saturated rings. The van der Waals surface area contributed by atoms with Crippen molar-refractivity contribution in [2.24, 2.45) is 0 Å². The van der Waals surface area contributed by atoms with Crippen molar-refractivity contribution in [3.05, 3.63) is 33.2 Å². The highest BCUT2D eigenvalue weighted by atomic mass is 32.2. The quantitative estimate of drug-likeness (QED) is 0.449. The summed E-state index contributed by atoms with van der Waals surface area (Å²) in [5.41, 5.74) is -1.51. The number of aromatic hydroxyl groups is 2. The van der Waals surface area contributed by atoms with Gasteiger partial charge in [-0.05, 0) is 19.1 Å². The molecule has 0 saturated heterocycles. The number of aliphatic hydroxyl groups is 2. The minimum Gasteiger partial charge on any atom is -0.507 e. The zero-order chi connectivity index (χ0) is 19.9. The van der Waals surface area contributed by atoms with E-state index in [1.54, 1.807) is 0 Å². The number of aliphatic hydroxyl groups excluding tert-OH is 1. The van der Waals surface area contributed by atoms with Crippen molar-refractivity contribution >= 4 is 23.3 Å². The molecule has 146 valence electrons. The molecule has 3 rings (SSSR count). The number of benzene rings is 1. The molecule has 0 aromatic heterocycles. The van der Waals surface area contributed by atoms with Crippen LogP contribution in [0.4, 0.5) is 0 Å². The van der Waals surface area contributed by atoms with Crippen molar-refractivity contribution in [1.82, 2.24) is 0 Å². The van der Waals surface area contributed by atoms with Gasteiger partial charge in [0.1, 0.15) is 11.5 Å². The van der Waals surface area contributed by atoms with Gasteiger partial charge in [0.05, 0.1) is 27.7 Å². The van der Waals surface area contributed by atoms with E-state index in [9.17, 15) is 30.0 Å². The largest absolute Gasteiger partial charge is 0.507 e. The minimum atomic E-state index is -1.50. The summed E-state index contributed by atoms with van der Waals surface area (Å²) in [7, 11) is 0. The van der Waals surface area contributed by atoms with E-state index in [4.69, 9.17) is 0 Å². The molecule has 27 heavy (non-hydrogen) atoms. The molecule has 7 heteroatoms. The normalized spacial score (nSPS) is 24.4. The summed E-state index contributed by atoms with van der Waals surface area (Å²) >= 11 is 1.27. The minimum absolute atomic E-state index is 0.112. The fraction of sp³-hybridized carbons (Fsp3) is 0.500. The van der Waals surface area contributed by atoms with E-state index in [0.29, 0.717) is 5.75 Å². The molecule has 0 radical (unpaired) electrons. The van der Waals surface area contributed by atoms with Crippen molar-refractivity contribution in [2.45, 2.75) is 57.7 Å². The lowest BCUT2D eigenvalue weighted by Crippen LogP contribution is -2.46. The fourth-order valence-electron chi connectivity index (χ4n) is 3.61. The number of phenols is 2. The standard InChI is InChI=1S/C20H24O6S/c1-3-4-5-6-27-13-8-12(21)15-16(19(13)25)18(24)11-9-20(2,26)14(22)7-10(11)17(15)23/h8,14,22-24,26H,3-7,9H2,1-2H3/t14-,20+/m1/s1. The third kappa shape index (κ3) is 3.39. The lowest BCUT2D eigenvalue weighted by atomic mass is 9.75. The Bertz CT molecular complexity index is 840. The Morgan fingerprint density at radius 2 is 1.81 bits per heavy atom. The highest BCUT2D eigenvalue weighted by Crippen LogP contribution is 2.46. The smallest absolute Gasteiger partial charge is 0.204 e. The molecule has 2 aliphatic rings. The second-order valence-corrected chi connectivity index (χ2v) is 8.55. The van der Waals surface area contributed by atoms with Gasteiger partial charge in [0.25, 0.3) is 0 Å². The van der Waals surface area contributed by atoms with E-state index >= 15 is 0 Å². The van der Waals surface area contributed by atoms with E-state index < -0.39 is 29.0 Å². The Morgan fingerprint density at radius 3 is 2.48 bits per heavy atom. The Labute approximate surface area is 161 Å². The van der Waals surface area contributed by atoms with Crippen molar-refractivity contribution < 1.29 is 30.0 Å². The summed E-state index contributed by atoms with van der Waals surface area (Å²) in [6, 6.07) is 0. The number of carbonyl (C=O) groups excluding carboxylic acids is 2. The SMILES string of the molecule is CCCCCSC1=CC(=O)c2c(O)c3c(c(O)c2C1=O)C[C@](C)(O)[C@H](O)C3. The topological polar surface area (TPSA) is 115 Å². The highest BCUT2D eigenvalue weighted by molar-refractivity contribution is 8.04. The molecule has 6 nitrogen and oxygen atoms in total.